The van der Waals surface area contributed by atoms with E-state index in [1.54, 1.807) is 6.33 Å². The van der Waals surface area contributed by atoms with Crippen molar-refractivity contribution in [2.45, 2.75) is 39.4 Å². The van der Waals surface area contributed by atoms with Gasteiger partial charge in [-0.1, -0.05) is 13.8 Å². The van der Waals surface area contributed by atoms with E-state index < -0.39 is 0 Å². The summed E-state index contributed by atoms with van der Waals surface area (Å²) in [5.41, 5.74) is 2.42. The SMILES string of the molecule is CNCc1cc(C(C)C)nc(N2CCn3cnnc3C2)c1. The van der Waals surface area contributed by atoms with E-state index in [0.717, 1.165) is 43.5 Å². The summed E-state index contributed by atoms with van der Waals surface area (Å²) in [5.74, 6) is 2.47. The van der Waals surface area contributed by atoms with E-state index in [-0.39, 0.29) is 0 Å². The molecule has 0 aromatic carbocycles. The van der Waals surface area contributed by atoms with Crippen LogP contribution in [0.25, 0.3) is 0 Å². The summed E-state index contributed by atoms with van der Waals surface area (Å²) in [6, 6.07) is 4.37. The standard InChI is InChI=1S/C15H22N6/c1-11(2)13-6-12(8-16-3)7-14(18-13)20-4-5-21-10-17-19-15(21)9-20/h6-7,10-11,16H,4-5,8-9H2,1-3H3. The lowest BCUT2D eigenvalue weighted by molar-refractivity contribution is 0.554. The molecule has 2 aromatic heterocycles. The van der Waals surface area contributed by atoms with Gasteiger partial charge >= 0.3 is 0 Å². The number of nitrogens with zero attached hydrogens (tertiary/aromatic N) is 5. The van der Waals surface area contributed by atoms with Crippen LogP contribution in [0.5, 0.6) is 0 Å². The van der Waals surface area contributed by atoms with Crippen LogP contribution in [0.2, 0.25) is 0 Å². The van der Waals surface area contributed by atoms with Gasteiger partial charge in [0.1, 0.15) is 12.1 Å². The van der Waals surface area contributed by atoms with Crippen LogP contribution in [0.15, 0.2) is 18.5 Å². The first kappa shape index (κ1) is 14.0. The highest BCUT2D eigenvalue weighted by molar-refractivity contribution is 5.44. The summed E-state index contributed by atoms with van der Waals surface area (Å²) in [6.07, 6.45) is 1.80. The summed E-state index contributed by atoms with van der Waals surface area (Å²) >= 11 is 0. The van der Waals surface area contributed by atoms with Crippen LogP contribution in [-0.2, 0) is 19.6 Å². The van der Waals surface area contributed by atoms with Crippen molar-refractivity contribution in [3.05, 3.63) is 35.5 Å². The molecule has 0 atom stereocenters. The van der Waals surface area contributed by atoms with E-state index in [4.69, 9.17) is 4.98 Å². The number of anilines is 1. The topological polar surface area (TPSA) is 58.9 Å². The minimum atomic E-state index is 0.425. The molecule has 21 heavy (non-hydrogen) atoms. The Kier molecular flexibility index (Phi) is 3.88. The summed E-state index contributed by atoms with van der Waals surface area (Å²) in [7, 11) is 1.97. The van der Waals surface area contributed by atoms with Gasteiger partial charge in [-0.2, -0.15) is 0 Å². The third-order valence-corrected chi connectivity index (χ3v) is 3.83. The summed E-state index contributed by atoms with van der Waals surface area (Å²) in [6.45, 7) is 7.85. The van der Waals surface area contributed by atoms with Crippen molar-refractivity contribution in [2.24, 2.45) is 0 Å². The number of hydrogen-bond acceptors (Lipinski definition) is 5. The quantitative estimate of drug-likeness (QED) is 0.924. The molecule has 6 nitrogen and oxygen atoms in total. The molecule has 0 amide bonds. The Morgan fingerprint density at radius 1 is 1.29 bits per heavy atom. The zero-order chi connectivity index (χ0) is 14.8. The third-order valence-electron chi connectivity index (χ3n) is 3.83. The van der Waals surface area contributed by atoms with Gasteiger partial charge in [0.05, 0.1) is 6.54 Å². The van der Waals surface area contributed by atoms with E-state index >= 15 is 0 Å². The van der Waals surface area contributed by atoms with Crippen LogP contribution in [0, 0.1) is 0 Å². The van der Waals surface area contributed by atoms with Gasteiger partial charge in [-0.3, -0.25) is 0 Å². The lowest BCUT2D eigenvalue weighted by Crippen LogP contribution is -2.34. The number of rotatable bonds is 4. The molecule has 0 saturated heterocycles. The van der Waals surface area contributed by atoms with E-state index in [9.17, 15) is 0 Å². The smallest absolute Gasteiger partial charge is 0.152 e. The second-order valence-corrected chi connectivity index (χ2v) is 5.81. The second kappa shape index (κ2) is 5.81. The molecule has 0 unspecified atom stereocenters. The molecule has 1 N–H and O–H groups in total. The maximum atomic E-state index is 4.84. The molecular formula is C15H22N6. The van der Waals surface area contributed by atoms with Crippen molar-refractivity contribution in [3.63, 3.8) is 0 Å². The second-order valence-electron chi connectivity index (χ2n) is 5.81. The van der Waals surface area contributed by atoms with Crippen LogP contribution < -0.4 is 10.2 Å². The highest BCUT2D eigenvalue weighted by Gasteiger charge is 2.19. The zero-order valence-corrected chi connectivity index (χ0v) is 12.9. The molecule has 0 saturated carbocycles. The Hall–Kier alpha value is -1.95. The zero-order valence-electron chi connectivity index (χ0n) is 12.9. The average Bonchev–Trinajstić information content (AvgIpc) is 2.94. The molecule has 3 rings (SSSR count). The van der Waals surface area contributed by atoms with Gasteiger partial charge in [0, 0.05) is 25.3 Å². The lowest BCUT2D eigenvalue weighted by atomic mass is 10.1. The van der Waals surface area contributed by atoms with Crippen LogP contribution in [0.4, 0.5) is 5.82 Å². The third kappa shape index (κ3) is 2.90. The minimum Gasteiger partial charge on any atom is -0.347 e. The van der Waals surface area contributed by atoms with Crippen molar-refractivity contribution in [3.8, 4) is 0 Å². The molecule has 3 heterocycles. The van der Waals surface area contributed by atoms with Crippen LogP contribution >= 0.6 is 0 Å². The van der Waals surface area contributed by atoms with Crippen LogP contribution in [-0.4, -0.2) is 33.3 Å². The molecule has 6 heteroatoms. The van der Waals surface area contributed by atoms with Crippen LogP contribution in [0.3, 0.4) is 0 Å². The Morgan fingerprint density at radius 2 is 2.14 bits per heavy atom. The molecule has 0 bridgehead atoms. The number of pyridine rings is 1. The normalized spacial score (nSPS) is 14.6. The Balaban J connectivity index is 1.91. The van der Waals surface area contributed by atoms with Crippen LogP contribution in [0.1, 0.15) is 36.8 Å². The molecule has 0 spiro atoms. The monoisotopic (exact) mass is 286 g/mol. The van der Waals surface area contributed by atoms with Gasteiger partial charge in [0.15, 0.2) is 5.82 Å². The summed E-state index contributed by atoms with van der Waals surface area (Å²) < 4.78 is 2.11. The molecule has 0 aliphatic carbocycles. The Bertz CT molecular complexity index is 618. The summed E-state index contributed by atoms with van der Waals surface area (Å²) in [5, 5.41) is 11.4. The molecule has 0 fully saturated rings. The molecule has 1 aliphatic rings. The molecule has 0 radical (unpaired) electrons. The van der Waals surface area contributed by atoms with Gasteiger partial charge in [0.25, 0.3) is 0 Å². The van der Waals surface area contributed by atoms with Gasteiger partial charge in [-0.15, -0.1) is 10.2 Å². The first-order valence-corrected chi connectivity index (χ1v) is 7.44. The maximum absolute atomic E-state index is 4.84. The summed E-state index contributed by atoms with van der Waals surface area (Å²) in [4.78, 5) is 7.12. The first-order valence-electron chi connectivity index (χ1n) is 7.44. The first-order chi connectivity index (χ1) is 10.2. The van der Waals surface area contributed by atoms with Crippen molar-refractivity contribution >= 4 is 5.82 Å². The number of hydrogen-bond donors (Lipinski definition) is 1. The van der Waals surface area contributed by atoms with Crippen molar-refractivity contribution in [2.75, 3.05) is 18.5 Å². The van der Waals surface area contributed by atoms with Gasteiger partial charge < -0.3 is 14.8 Å². The van der Waals surface area contributed by atoms with E-state index in [2.05, 4.69) is 51.0 Å². The van der Waals surface area contributed by atoms with Crippen molar-refractivity contribution < 1.29 is 0 Å². The largest absolute Gasteiger partial charge is 0.347 e. The predicted octanol–water partition coefficient (Wildman–Crippen LogP) is 1.54. The Morgan fingerprint density at radius 3 is 2.90 bits per heavy atom. The van der Waals surface area contributed by atoms with Crippen molar-refractivity contribution in [1.82, 2.24) is 25.1 Å². The number of nitrogens with one attached hydrogen (secondary N) is 1. The molecule has 2 aromatic rings. The fourth-order valence-corrected chi connectivity index (χ4v) is 2.62. The fraction of sp³-hybridized carbons (Fsp3) is 0.533. The maximum Gasteiger partial charge on any atom is 0.152 e. The Labute approximate surface area is 125 Å². The van der Waals surface area contributed by atoms with Crippen molar-refractivity contribution in [1.29, 1.82) is 0 Å². The van der Waals surface area contributed by atoms with Gasteiger partial charge in [-0.05, 0) is 30.7 Å². The fourth-order valence-electron chi connectivity index (χ4n) is 2.62. The van der Waals surface area contributed by atoms with E-state index in [0.29, 0.717) is 5.92 Å². The highest BCUT2D eigenvalue weighted by atomic mass is 15.3. The number of fused-ring (bicyclic) bond motifs is 1. The van der Waals surface area contributed by atoms with Gasteiger partial charge in [-0.25, -0.2) is 4.98 Å². The molecule has 1 aliphatic heterocycles. The average molecular weight is 286 g/mol. The molecule has 112 valence electrons. The highest BCUT2D eigenvalue weighted by Crippen LogP contribution is 2.23. The van der Waals surface area contributed by atoms with E-state index in [1.807, 2.05) is 7.05 Å². The molecular weight excluding hydrogens is 264 g/mol. The number of aromatic nitrogens is 4. The van der Waals surface area contributed by atoms with E-state index in [1.165, 1.54) is 5.56 Å². The predicted molar refractivity (Wildman–Crippen MR) is 82.2 cm³/mol. The minimum absolute atomic E-state index is 0.425. The van der Waals surface area contributed by atoms with Gasteiger partial charge in [0.2, 0.25) is 0 Å². The lowest BCUT2D eigenvalue weighted by Gasteiger charge is -2.29.